The molecule has 0 saturated carbocycles. The van der Waals surface area contributed by atoms with Gasteiger partial charge in [-0.2, -0.15) is 5.26 Å². The first-order chi connectivity index (χ1) is 10.2. The fraction of sp³-hybridized carbons (Fsp3) is 0.267. The van der Waals surface area contributed by atoms with Gasteiger partial charge in [-0.15, -0.1) is 0 Å². The number of hydrogen-bond acceptors (Lipinski definition) is 6. The molecular formula is C15H17N5O. The van der Waals surface area contributed by atoms with Crippen LogP contribution >= 0.6 is 0 Å². The highest BCUT2D eigenvalue weighted by atomic mass is 16.5. The Bertz CT molecular complexity index is 678. The lowest BCUT2D eigenvalue weighted by molar-refractivity contribution is 0.416. The fourth-order valence-corrected chi connectivity index (χ4v) is 2.06. The summed E-state index contributed by atoms with van der Waals surface area (Å²) in [5, 5.41) is 15.2. The highest BCUT2D eigenvalue weighted by Crippen LogP contribution is 2.30. The average molecular weight is 283 g/mol. The van der Waals surface area contributed by atoms with Crippen molar-refractivity contribution in [1.82, 2.24) is 9.97 Å². The van der Waals surface area contributed by atoms with Crippen molar-refractivity contribution in [1.29, 1.82) is 5.26 Å². The second-order valence-electron chi connectivity index (χ2n) is 4.30. The summed E-state index contributed by atoms with van der Waals surface area (Å²) in [6.45, 7) is 2.04. The molecule has 2 rings (SSSR count). The van der Waals surface area contributed by atoms with Crippen molar-refractivity contribution in [2.45, 2.75) is 13.3 Å². The molecule has 0 saturated heterocycles. The Labute approximate surface area is 123 Å². The molecule has 0 fully saturated rings. The van der Waals surface area contributed by atoms with Crippen LogP contribution in [-0.2, 0) is 6.42 Å². The maximum atomic E-state index is 8.93. The summed E-state index contributed by atoms with van der Waals surface area (Å²) in [5.41, 5.74) is 2.30. The van der Waals surface area contributed by atoms with Crippen LogP contribution in [0.15, 0.2) is 24.5 Å². The average Bonchev–Trinajstić information content (AvgIpc) is 2.54. The van der Waals surface area contributed by atoms with Crippen molar-refractivity contribution in [3.8, 4) is 11.8 Å². The molecule has 0 atom stereocenters. The molecule has 0 bridgehead atoms. The van der Waals surface area contributed by atoms with Gasteiger partial charge in [0.2, 0.25) is 0 Å². The lowest BCUT2D eigenvalue weighted by Crippen LogP contribution is -2.05. The molecule has 0 aliphatic rings. The van der Waals surface area contributed by atoms with E-state index in [9.17, 15) is 0 Å². The number of ether oxygens (including phenoxy) is 1. The van der Waals surface area contributed by atoms with Crippen molar-refractivity contribution in [2.75, 3.05) is 24.8 Å². The van der Waals surface area contributed by atoms with Gasteiger partial charge in [0.1, 0.15) is 23.7 Å². The summed E-state index contributed by atoms with van der Waals surface area (Å²) >= 11 is 0. The summed E-state index contributed by atoms with van der Waals surface area (Å²) in [5.74, 6) is 2.11. The topological polar surface area (TPSA) is 82.9 Å². The number of rotatable bonds is 5. The van der Waals surface area contributed by atoms with Crippen molar-refractivity contribution < 1.29 is 4.74 Å². The third-order valence-corrected chi connectivity index (χ3v) is 3.12. The minimum atomic E-state index is 0.548. The van der Waals surface area contributed by atoms with Gasteiger partial charge in [-0.25, -0.2) is 9.97 Å². The number of hydrogen-bond donors (Lipinski definition) is 2. The maximum Gasteiger partial charge on any atom is 0.143 e. The number of methoxy groups -OCH3 is 1. The van der Waals surface area contributed by atoms with Crippen LogP contribution in [0.1, 0.15) is 18.1 Å². The van der Waals surface area contributed by atoms with Crippen LogP contribution in [0, 0.1) is 11.3 Å². The van der Waals surface area contributed by atoms with E-state index in [2.05, 4.69) is 26.7 Å². The van der Waals surface area contributed by atoms with Gasteiger partial charge in [-0.3, -0.25) is 0 Å². The number of benzene rings is 1. The summed E-state index contributed by atoms with van der Waals surface area (Å²) in [7, 11) is 3.40. The second kappa shape index (κ2) is 6.57. The standard InChI is InChI=1S/C15H17N5O/c1-4-11-14(17-2)18-9-19-15(11)20-12-6-5-10(8-16)7-13(12)21-3/h5-7,9H,4H2,1-3H3,(H2,17,18,19,20). The van der Waals surface area contributed by atoms with E-state index in [-0.39, 0.29) is 0 Å². The Hall–Kier alpha value is -2.81. The van der Waals surface area contributed by atoms with Gasteiger partial charge in [0.15, 0.2) is 0 Å². The third-order valence-electron chi connectivity index (χ3n) is 3.12. The maximum absolute atomic E-state index is 8.93. The van der Waals surface area contributed by atoms with Gasteiger partial charge < -0.3 is 15.4 Å². The van der Waals surface area contributed by atoms with Crippen LogP contribution in [0.5, 0.6) is 5.75 Å². The highest BCUT2D eigenvalue weighted by molar-refractivity contribution is 5.70. The lowest BCUT2D eigenvalue weighted by atomic mass is 10.2. The Morgan fingerprint density at radius 3 is 2.67 bits per heavy atom. The van der Waals surface area contributed by atoms with E-state index in [1.54, 1.807) is 25.3 Å². The number of nitrogens with one attached hydrogen (secondary N) is 2. The van der Waals surface area contributed by atoms with Gasteiger partial charge in [0.25, 0.3) is 0 Å². The first kappa shape index (κ1) is 14.6. The summed E-state index contributed by atoms with van der Waals surface area (Å²) in [6, 6.07) is 7.32. The van der Waals surface area contributed by atoms with Crippen LogP contribution in [0.3, 0.4) is 0 Å². The van der Waals surface area contributed by atoms with E-state index in [0.717, 1.165) is 29.3 Å². The summed E-state index contributed by atoms with van der Waals surface area (Å²) in [4.78, 5) is 8.49. The van der Waals surface area contributed by atoms with E-state index in [0.29, 0.717) is 11.3 Å². The molecule has 0 spiro atoms. The molecule has 1 heterocycles. The zero-order valence-electron chi connectivity index (χ0n) is 12.3. The van der Waals surface area contributed by atoms with Crippen LogP contribution in [0.25, 0.3) is 0 Å². The van der Waals surface area contributed by atoms with Gasteiger partial charge in [0, 0.05) is 18.7 Å². The molecule has 2 aromatic rings. The molecular weight excluding hydrogens is 266 g/mol. The van der Waals surface area contributed by atoms with Gasteiger partial charge in [-0.1, -0.05) is 6.92 Å². The minimum Gasteiger partial charge on any atom is -0.495 e. The van der Waals surface area contributed by atoms with E-state index in [1.807, 2.05) is 14.0 Å². The Balaban J connectivity index is 2.41. The van der Waals surface area contributed by atoms with Gasteiger partial charge in [0.05, 0.1) is 24.4 Å². The summed E-state index contributed by atoms with van der Waals surface area (Å²) in [6.07, 6.45) is 2.29. The van der Waals surface area contributed by atoms with E-state index < -0.39 is 0 Å². The third kappa shape index (κ3) is 3.03. The van der Waals surface area contributed by atoms with Crippen molar-refractivity contribution in [2.24, 2.45) is 0 Å². The molecule has 108 valence electrons. The number of nitrogens with zero attached hydrogens (tertiary/aromatic N) is 3. The van der Waals surface area contributed by atoms with E-state index >= 15 is 0 Å². The van der Waals surface area contributed by atoms with Crippen molar-refractivity contribution >= 4 is 17.3 Å². The number of nitriles is 1. The predicted molar refractivity (Wildman–Crippen MR) is 81.9 cm³/mol. The molecule has 1 aromatic heterocycles. The monoisotopic (exact) mass is 283 g/mol. The lowest BCUT2D eigenvalue weighted by Gasteiger charge is -2.15. The van der Waals surface area contributed by atoms with Crippen LogP contribution in [0.2, 0.25) is 0 Å². The number of anilines is 3. The molecule has 1 aromatic carbocycles. The van der Waals surface area contributed by atoms with E-state index in [1.165, 1.54) is 6.33 Å². The largest absolute Gasteiger partial charge is 0.495 e. The molecule has 0 radical (unpaired) electrons. The van der Waals surface area contributed by atoms with Crippen LogP contribution in [0.4, 0.5) is 17.3 Å². The molecule has 0 aliphatic heterocycles. The van der Waals surface area contributed by atoms with Gasteiger partial charge in [-0.05, 0) is 18.6 Å². The molecule has 2 N–H and O–H groups in total. The quantitative estimate of drug-likeness (QED) is 0.878. The van der Waals surface area contributed by atoms with E-state index in [4.69, 9.17) is 10.00 Å². The second-order valence-corrected chi connectivity index (χ2v) is 4.30. The zero-order chi connectivity index (χ0) is 15.2. The molecule has 0 aliphatic carbocycles. The molecule has 21 heavy (non-hydrogen) atoms. The highest BCUT2D eigenvalue weighted by Gasteiger charge is 2.11. The first-order valence-electron chi connectivity index (χ1n) is 6.60. The molecule has 6 nitrogen and oxygen atoms in total. The first-order valence-corrected chi connectivity index (χ1v) is 6.60. The van der Waals surface area contributed by atoms with Crippen LogP contribution < -0.4 is 15.4 Å². The molecule has 0 unspecified atom stereocenters. The normalized spacial score (nSPS) is 9.81. The van der Waals surface area contributed by atoms with Crippen LogP contribution in [-0.4, -0.2) is 24.1 Å². The Morgan fingerprint density at radius 1 is 1.29 bits per heavy atom. The zero-order valence-corrected chi connectivity index (χ0v) is 12.3. The predicted octanol–water partition coefficient (Wildman–Crippen LogP) is 2.70. The van der Waals surface area contributed by atoms with Crippen molar-refractivity contribution in [3.63, 3.8) is 0 Å². The molecule has 0 amide bonds. The smallest absolute Gasteiger partial charge is 0.143 e. The number of aromatic nitrogens is 2. The van der Waals surface area contributed by atoms with Crippen molar-refractivity contribution in [3.05, 3.63) is 35.7 Å². The SMILES string of the molecule is CCc1c(NC)ncnc1Nc1ccc(C#N)cc1OC. The Morgan fingerprint density at radius 2 is 2.05 bits per heavy atom. The molecule has 6 heteroatoms. The van der Waals surface area contributed by atoms with Gasteiger partial charge >= 0.3 is 0 Å². The fourth-order valence-electron chi connectivity index (χ4n) is 2.06. The summed E-state index contributed by atoms with van der Waals surface area (Å²) < 4.78 is 5.32. The minimum absolute atomic E-state index is 0.548. The Kier molecular flexibility index (Phi) is 4.57.